The van der Waals surface area contributed by atoms with E-state index in [2.05, 4.69) is 134 Å². The van der Waals surface area contributed by atoms with E-state index in [1.165, 1.54) is 22.3 Å². The lowest BCUT2D eigenvalue weighted by Gasteiger charge is -2.38. The topological polar surface area (TPSA) is 9.23 Å². The highest BCUT2D eigenvalue weighted by Crippen LogP contribution is 2.49. The maximum atomic E-state index is 7.26. The molecule has 4 aromatic carbocycles. The molecule has 0 aromatic heterocycles. The quantitative estimate of drug-likeness (QED) is 0.294. The number of hydrogen-bond acceptors (Lipinski definition) is 1. The van der Waals surface area contributed by atoms with E-state index in [1.807, 2.05) is 0 Å². The zero-order valence-corrected chi connectivity index (χ0v) is 21.4. The highest BCUT2D eigenvalue weighted by Gasteiger charge is 2.53. The maximum absolute atomic E-state index is 7.26. The van der Waals surface area contributed by atoms with Crippen molar-refractivity contribution < 1.29 is 4.12 Å². The first kappa shape index (κ1) is 22.1. The van der Waals surface area contributed by atoms with Crippen molar-refractivity contribution in [3.63, 3.8) is 0 Å². The Hall–Kier alpha value is -2.73. The molecule has 1 aliphatic heterocycles. The highest BCUT2D eigenvalue weighted by molar-refractivity contribution is 6.69. The van der Waals surface area contributed by atoms with Crippen LogP contribution in [0, 0.1) is 0 Å². The maximum Gasteiger partial charge on any atom is 0.210 e. The van der Waals surface area contributed by atoms with Gasteiger partial charge in [-0.1, -0.05) is 121 Å². The second kappa shape index (κ2) is 9.26. The number of hydrogen-bond donors (Lipinski definition) is 0. The largest absolute Gasteiger partial charge is 0.454 e. The lowest BCUT2D eigenvalue weighted by Crippen LogP contribution is -2.47. The Kier molecular flexibility index (Phi) is 6.20. The normalized spacial score (nSPS) is 18.5. The molecular formula is C30H30OSi2. The fourth-order valence-electron chi connectivity index (χ4n) is 5.75. The van der Waals surface area contributed by atoms with Crippen molar-refractivity contribution >= 4 is 18.1 Å². The lowest BCUT2D eigenvalue weighted by atomic mass is 9.79. The van der Waals surface area contributed by atoms with Crippen LogP contribution < -0.4 is 0 Å². The average molecular weight is 463 g/mol. The van der Waals surface area contributed by atoms with Crippen LogP contribution in [0.2, 0.25) is 13.1 Å². The third kappa shape index (κ3) is 3.74. The van der Waals surface area contributed by atoms with E-state index in [4.69, 9.17) is 4.12 Å². The van der Waals surface area contributed by atoms with Crippen LogP contribution in [0.3, 0.4) is 0 Å². The van der Waals surface area contributed by atoms with E-state index < -0.39 is 18.1 Å². The van der Waals surface area contributed by atoms with Crippen LogP contribution in [-0.4, -0.2) is 18.1 Å². The molecule has 4 aromatic rings. The predicted octanol–water partition coefficient (Wildman–Crippen LogP) is 7.09. The Labute approximate surface area is 201 Å². The van der Waals surface area contributed by atoms with Gasteiger partial charge in [-0.25, -0.2) is 0 Å². The van der Waals surface area contributed by atoms with Crippen molar-refractivity contribution in [3.8, 4) is 0 Å². The SMILES string of the molecule is C[Si]1O[Si](C)C(c2ccccc2)(c2ccccc2)CCC1(c1ccccc1)c1ccccc1. The summed E-state index contributed by atoms with van der Waals surface area (Å²) in [7, 11) is -2.44. The molecule has 33 heavy (non-hydrogen) atoms. The van der Waals surface area contributed by atoms with Crippen LogP contribution in [0.25, 0.3) is 0 Å². The first-order valence-electron chi connectivity index (χ1n) is 11.8. The Bertz CT molecular complexity index is 989. The van der Waals surface area contributed by atoms with E-state index in [9.17, 15) is 0 Å². The molecule has 2 radical (unpaired) electrons. The van der Waals surface area contributed by atoms with Gasteiger partial charge in [0, 0.05) is 10.1 Å². The summed E-state index contributed by atoms with van der Waals surface area (Å²) < 4.78 is 7.26. The Morgan fingerprint density at radius 1 is 0.455 bits per heavy atom. The zero-order chi connectivity index (χ0) is 22.7. The van der Waals surface area contributed by atoms with Gasteiger partial charge in [0.2, 0.25) is 18.1 Å². The molecule has 0 aliphatic carbocycles. The minimum atomic E-state index is -1.22. The van der Waals surface area contributed by atoms with Crippen molar-refractivity contribution in [3.05, 3.63) is 144 Å². The monoisotopic (exact) mass is 462 g/mol. The van der Waals surface area contributed by atoms with Gasteiger partial charge in [-0.15, -0.1) is 0 Å². The van der Waals surface area contributed by atoms with E-state index in [1.54, 1.807) is 0 Å². The van der Waals surface area contributed by atoms with Gasteiger partial charge in [0.25, 0.3) is 0 Å². The summed E-state index contributed by atoms with van der Waals surface area (Å²) >= 11 is 0. The first-order valence-corrected chi connectivity index (χ1v) is 15.6. The summed E-state index contributed by atoms with van der Waals surface area (Å²) in [5.74, 6) is 0. The first-order chi connectivity index (χ1) is 16.2. The molecule has 3 heteroatoms. The van der Waals surface area contributed by atoms with E-state index in [0.29, 0.717) is 0 Å². The molecule has 0 atom stereocenters. The molecular weight excluding hydrogens is 433 g/mol. The van der Waals surface area contributed by atoms with Gasteiger partial charge in [0.05, 0.1) is 0 Å². The second-order valence-corrected chi connectivity index (χ2v) is 13.7. The molecule has 1 heterocycles. The summed E-state index contributed by atoms with van der Waals surface area (Å²) in [6.45, 7) is 4.79. The lowest BCUT2D eigenvalue weighted by molar-refractivity contribution is 0.528. The van der Waals surface area contributed by atoms with Gasteiger partial charge in [-0.3, -0.25) is 0 Å². The minimum Gasteiger partial charge on any atom is -0.454 e. The molecule has 0 spiro atoms. The van der Waals surface area contributed by atoms with Crippen LogP contribution in [0.4, 0.5) is 0 Å². The fraction of sp³-hybridized carbons (Fsp3) is 0.200. The molecule has 1 nitrogen and oxygen atoms in total. The summed E-state index contributed by atoms with van der Waals surface area (Å²) in [4.78, 5) is 0. The molecule has 1 aliphatic rings. The standard InChI is InChI=1S/C30H30OSi2/c1-32-29(25-15-7-3-8-16-25,26-17-9-4-10-18-26)23-24-30(33(2)31-32,27-19-11-5-12-20-27)28-21-13-6-14-22-28/h3-22H,23-24H2,1-2H3. The van der Waals surface area contributed by atoms with E-state index >= 15 is 0 Å². The van der Waals surface area contributed by atoms with Crippen molar-refractivity contribution in [2.45, 2.75) is 36.0 Å². The summed E-state index contributed by atoms with van der Waals surface area (Å²) in [5.41, 5.74) is 5.55. The second-order valence-electron chi connectivity index (χ2n) is 8.99. The van der Waals surface area contributed by atoms with Crippen molar-refractivity contribution in [2.24, 2.45) is 0 Å². The fourth-order valence-corrected chi connectivity index (χ4v) is 12.2. The van der Waals surface area contributed by atoms with Crippen LogP contribution in [0.5, 0.6) is 0 Å². The summed E-state index contributed by atoms with van der Waals surface area (Å²) in [5, 5.41) is -0.186. The summed E-state index contributed by atoms with van der Waals surface area (Å²) in [6, 6.07) is 44.4. The van der Waals surface area contributed by atoms with Gasteiger partial charge in [-0.05, 0) is 48.2 Å². The molecule has 1 fully saturated rings. The number of benzene rings is 4. The minimum absolute atomic E-state index is 0.0928. The molecule has 0 N–H and O–H groups in total. The zero-order valence-electron chi connectivity index (χ0n) is 19.4. The summed E-state index contributed by atoms with van der Waals surface area (Å²) in [6.07, 6.45) is 2.13. The van der Waals surface area contributed by atoms with Crippen molar-refractivity contribution in [1.82, 2.24) is 0 Å². The third-order valence-electron chi connectivity index (χ3n) is 7.45. The number of rotatable bonds is 4. The smallest absolute Gasteiger partial charge is 0.210 e. The average Bonchev–Trinajstić information content (AvgIpc) is 3.00. The molecule has 0 bridgehead atoms. The van der Waals surface area contributed by atoms with Crippen LogP contribution in [0.1, 0.15) is 35.1 Å². The van der Waals surface area contributed by atoms with Gasteiger partial charge in [0.1, 0.15) is 0 Å². The molecule has 164 valence electrons. The van der Waals surface area contributed by atoms with E-state index in [-0.39, 0.29) is 10.1 Å². The van der Waals surface area contributed by atoms with Gasteiger partial charge < -0.3 is 4.12 Å². The Morgan fingerprint density at radius 3 is 0.939 bits per heavy atom. The molecule has 5 rings (SSSR count). The van der Waals surface area contributed by atoms with Crippen LogP contribution >= 0.6 is 0 Å². The highest BCUT2D eigenvalue weighted by atomic mass is 28.4. The van der Waals surface area contributed by atoms with Gasteiger partial charge in [-0.2, -0.15) is 0 Å². The van der Waals surface area contributed by atoms with Crippen molar-refractivity contribution in [2.75, 3.05) is 0 Å². The van der Waals surface area contributed by atoms with Crippen LogP contribution in [-0.2, 0) is 14.2 Å². The predicted molar refractivity (Wildman–Crippen MR) is 141 cm³/mol. The Balaban J connectivity index is 1.72. The van der Waals surface area contributed by atoms with E-state index in [0.717, 1.165) is 12.8 Å². The Morgan fingerprint density at radius 2 is 0.697 bits per heavy atom. The molecule has 0 amide bonds. The third-order valence-corrected chi connectivity index (χ3v) is 14.0. The molecule has 0 unspecified atom stereocenters. The van der Waals surface area contributed by atoms with Crippen molar-refractivity contribution in [1.29, 1.82) is 0 Å². The van der Waals surface area contributed by atoms with Gasteiger partial charge >= 0.3 is 0 Å². The molecule has 1 saturated heterocycles. The molecule has 0 saturated carbocycles. The van der Waals surface area contributed by atoms with Crippen LogP contribution in [0.15, 0.2) is 121 Å². The van der Waals surface area contributed by atoms with Gasteiger partial charge in [0.15, 0.2) is 0 Å².